The molecule has 0 aliphatic rings. The molecule has 0 aliphatic heterocycles. The second-order valence-corrected chi connectivity index (χ2v) is 3.98. The highest BCUT2D eigenvalue weighted by atomic mass is 35.5. The molecule has 0 bridgehead atoms. The minimum absolute atomic E-state index is 0.124. The Morgan fingerprint density at radius 1 is 1.38 bits per heavy atom. The van der Waals surface area contributed by atoms with Crippen LogP contribution in [0.15, 0.2) is 23.7 Å². The first-order valence-electron chi connectivity index (χ1n) is 4.17. The molecule has 0 fully saturated rings. The molecule has 2 aromatic rings. The van der Waals surface area contributed by atoms with Crippen LogP contribution in [0.1, 0.15) is 0 Å². The van der Waals surface area contributed by atoms with Crippen LogP contribution >= 0.6 is 22.9 Å². The lowest BCUT2D eigenvalue weighted by atomic mass is 10.3. The summed E-state index contributed by atoms with van der Waals surface area (Å²) in [5, 5.41) is 2.76. The zero-order chi connectivity index (χ0) is 11.5. The van der Waals surface area contributed by atoms with Crippen LogP contribution in [0, 0.1) is 0 Å². The van der Waals surface area contributed by atoms with Crippen LogP contribution in [-0.2, 0) is 0 Å². The van der Waals surface area contributed by atoms with Gasteiger partial charge in [0.1, 0.15) is 10.2 Å². The van der Waals surface area contributed by atoms with Crippen molar-refractivity contribution in [2.45, 2.75) is 6.61 Å². The van der Waals surface area contributed by atoms with Crippen LogP contribution < -0.4 is 4.74 Å². The van der Waals surface area contributed by atoms with Gasteiger partial charge < -0.3 is 4.74 Å². The molecule has 0 atom stereocenters. The van der Waals surface area contributed by atoms with Crippen molar-refractivity contribution in [3.8, 4) is 16.5 Å². The molecule has 7 heteroatoms. The predicted octanol–water partition coefficient (Wildman–Crippen LogP) is 3.46. The third-order valence-corrected chi connectivity index (χ3v) is 2.88. The summed E-state index contributed by atoms with van der Waals surface area (Å²) in [6.07, 6.45) is 1.41. The van der Waals surface area contributed by atoms with E-state index in [1.165, 1.54) is 23.6 Å². The van der Waals surface area contributed by atoms with Crippen LogP contribution in [-0.4, -0.2) is 16.6 Å². The van der Waals surface area contributed by atoms with Gasteiger partial charge in [-0.15, -0.1) is 11.3 Å². The lowest BCUT2D eigenvalue weighted by Gasteiger charge is -2.02. The number of alkyl halides is 2. The first kappa shape index (κ1) is 11.2. The number of halogens is 3. The van der Waals surface area contributed by atoms with E-state index >= 15 is 0 Å². The molecule has 0 aromatic carbocycles. The SMILES string of the molecule is FC(F)Oc1ccc(-c2nc(Cl)cs2)cn1. The average Bonchev–Trinajstić information content (AvgIpc) is 2.65. The van der Waals surface area contributed by atoms with Crippen LogP contribution in [0.3, 0.4) is 0 Å². The Labute approximate surface area is 98.7 Å². The molecular formula is C9H5ClF2N2OS. The summed E-state index contributed by atoms with van der Waals surface area (Å²) >= 11 is 7.02. The zero-order valence-electron chi connectivity index (χ0n) is 7.73. The minimum Gasteiger partial charge on any atom is -0.417 e. The number of thiazole rings is 1. The molecule has 0 N–H and O–H groups in total. The first-order valence-corrected chi connectivity index (χ1v) is 5.43. The number of aromatic nitrogens is 2. The van der Waals surface area contributed by atoms with E-state index in [0.29, 0.717) is 15.7 Å². The maximum Gasteiger partial charge on any atom is 0.388 e. The Morgan fingerprint density at radius 2 is 2.19 bits per heavy atom. The molecule has 0 saturated heterocycles. The second-order valence-electron chi connectivity index (χ2n) is 2.74. The monoisotopic (exact) mass is 262 g/mol. The topological polar surface area (TPSA) is 35.0 Å². The van der Waals surface area contributed by atoms with E-state index in [-0.39, 0.29) is 5.88 Å². The summed E-state index contributed by atoms with van der Waals surface area (Å²) in [5.74, 6) is -0.124. The van der Waals surface area contributed by atoms with Gasteiger partial charge in [-0.1, -0.05) is 11.6 Å². The molecule has 2 aromatic heterocycles. The largest absolute Gasteiger partial charge is 0.417 e. The third kappa shape index (κ3) is 2.65. The summed E-state index contributed by atoms with van der Waals surface area (Å²) in [4.78, 5) is 7.75. The van der Waals surface area contributed by atoms with Gasteiger partial charge in [0.25, 0.3) is 0 Å². The van der Waals surface area contributed by atoms with Crippen LogP contribution in [0.5, 0.6) is 5.88 Å². The quantitative estimate of drug-likeness (QED) is 0.850. The molecule has 0 unspecified atom stereocenters. The van der Waals surface area contributed by atoms with Crippen molar-refractivity contribution >= 4 is 22.9 Å². The lowest BCUT2D eigenvalue weighted by Crippen LogP contribution is -2.03. The second kappa shape index (κ2) is 4.71. The highest BCUT2D eigenvalue weighted by molar-refractivity contribution is 7.13. The number of hydrogen-bond donors (Lipinski definition) is 0. The number of ether oxygens (including phenoxy) is 1. The molecule has 84 valence electrons. The highest BCUT2D eigenvalue weighted by Crippen LogP contribution is 2.26. The normalized spacial score (nSPS) is 10.8. The molecule has 2 heterocycles. The van der Waals surface area contributed by atoms with E-state index in [0.717, 1.165) is 0 Å². The zero-order valence-corrected chi connectivity index (χ0v) is 9.30. The van der Waals surface area contributed by atoms with Gasteiger partial charge in [0, 0.05) is 23.2 Å². The van der Waals surface area contributed by atoms with Gasteiger partial charge in [0.15, 0.2) is 0 Å². The Kier molecular flexibility index (Phi) is 3.31. The molecule has 0 amide bonds. The van der Waals surface area contributed by atoms with E-state index in [2.05, 4.69) is 14.7 Å². The third-order valence-electron chi connectivity index (χ3n) is 1.67. The Bertz CT molecular complexity index is 475. The fourth-order valence-corrected chi connectivity index (χ4v) is 1.99. The summed E-state index contributed by atoms with van der Waals surface area (Å²) in [6.45, 7) is -2.87. The summed E-state index contributed by atoms with van der Waals surface area (Å²) in [6, 6.07) is 2.96. The molecule has 16 heavy (non-hydrogen) atoms. The van der Waals surface area contributed by atoms with Gasteiger partial charge >= 0.3 is 6.61 Å². The molecule has 0 saturated carbocycles. The first-order chi connectivity index (χ1) is 7.65. The van der Waals surface area contributed by atoms with E-state index < -0.39 is 6.61 Å². The molecule has 0 aliphatic carbocycles. The number of nitrogens with zero attached hydrogens (tertiary/aromatic N) is 2. The van der Waals surface area contributed by atoms with Crippen molar-refractivity contribution in [3.63, 3.8) is 0 Å². The van der Waals surface area contributed by atoms with E-state index in [9.17, 15) is 8.78 Å². The number of hydrogen-bond acceptors (Lipinski definition) is 4. The maximum absolute atomic E-state index is 11.9. The van der Waals surface area contributed by atoms with Gasteiger partial charge in [-0.25, -0.2) is 9.97 Å². The fourth-order valence-electron chi connectivity index (χ4n) is 1.05. The van der Waals surface area contributed by atoms with Crippen LogP contribution in [0.4, 0.5) is 8.78 Å². The fraction of sp³-hybridized carbons (Fsp3) is 0.111. The van der Waals surface area contributed by atoms with Gasteiger partial charge in [-0.05, 0) is 6.07 Å². The van der Waals surface area contributed by atoms with Gasteiger partial charge in [0.05, 0.1) is 0 Å². The van der Waals surface area contributed by atoms with Crippen molar-refractivity contribution in [2.75, 3.05) is 0 Å². The summed E-state index contributed by atoms with van der Waals surface area (Å²) < 4.78 is 27.8. The molecule has 0 radical (unpaired) electrons. The Hall–Kier alpha value is -1.27. The van der Waals surface area contributed by atoms with Gasteiger partial charge in [-0.3, -0.25) is 0 Å². The number of pyridine rings is 1. The average molecular weight is 263 g/mol. The molecular weight excluding hydrogens is 258 g/mol. The van der Waals surface area contributed by atoms with Gasteiger partial charge in [0.2, 0.25) is 5.88 Å². The van der Waals surface area contributed by atoms with E-state index in [1.54, 1.807) is 11.4 Å². The van der Waals surface area contributed by atoms with Crippen LogP contribution in [0.25, 0.3) is 10.6 Å². The molecule has 2 rings (SSSR count). The van der Waals surface area contributed by atoms with E-state index in [4.69, 9.17) is 11.6 Å². The van der Waals surface area contributed by atoms with Gasteiger partial charge in [-0.2, -0.15) is 8.78 Å². The van der Waals surface area contributed by atoms with Crippen molar-refractivity contribution in [1.82, 2.24) is 9.97 Å². The van der Waals surface area contributed by atoms with Crippen molar-refractivity contribution in [2.24, 2.45) is 0 Å². The smallest absolute Gasteiger partial charge is 0.388 e. The van der Waals surface area contributed by atoms with Crippen LogP contribution in [0.2, 0.25) is 5.15 Å². The lowest BCUT2D eigenvalue weighted by molar-refractivity contribution is -0.0528. The molecule has 3 nitrogen and oxygen atoms in total. The highest BCUT2D eigenvalue weighted by Gasteiger charge is 2.07. The molecule has 0 spiro atoms. The standard InChI is InChI=1S/C9H5ClF2N2OS/c10-6-4-16-8(14-6)5-1-2-7(13-3-5)15-9(11)12/h1-4,9H. The summed E-state index contributed by atoms with van der Waals surface area (Å²) in [7, 11) is 0. The minimum atomic E-state index is -2.87. The Balaban J connectivity index is 2.19. The Morgan fingerprint density at radius 3 is 2.69 bits per heavy atom. The summed E-state index contributed by atoms with van der Waals surface area (Å²) in [5.41, 5.74) is 0.707. The van der Waals surface area contributed by atoms with Crippen molar-refractivity contribution in [3.05, 3.63) is 28.9 Å². The van der Waals surface area contributed by atoms with E-state index in [1.807, 2.05) is 0 Å². The van der Waals surface area contributed by atoms with Crippen molar-refractivity contribution < 1.29 is 13.5 Å². The van der Waals surface area contributed by atoms with Crippen molar-refractivity contribution in [1.29, 1.82) is 0 Å². The number of rotatable bonds is 3. The predicted molar refractivity (Wildman–Crippen MR) is 57.0 cm³/mol. The maximum atomic E-state index is 11.9.